The molecule has 3 heteroatoms. The van der Waals surface area contributed by atoms with E-state index < -0.39 is 11.9 Å². The average molecular weight is 199 g/mol. The molecule has 0 fully saturated rings. The van der Waals surface area contributed by atoms with Crippen LogP contribution in [-0.4, -0.2) is 11.1 Å². The molecule has 0 aromatic heterocycles. The van der Waals surface area contributed by atoms with Crippen LogP contribution in [0.25, 0.3) is 0 Å². The van der Waals surface area contributed by atoms with Crippen LogP contribution in [0, 0.1) is 6.92 Å². The first-order chi connectivity index (χ1) is 6.02. The molecule has 0 spiro atoms. The Bertz CT molecular complexity index is 334. The summed E-state index contributed by atoms with van der Waals surface area (Å²) in [5.74, 6) is -1.34. The molecule has 1 aromatic rings. The van der Waals surface area contributed by atoms with Crippen LogP contribution >= 0.6 is 11.6 Å². The first-order valence-corrected chi connectivity index (χ1v) is 4.39. The van der Waals surface area contributed by atoms with Crippen LogP contribution in [0.4, 0.5) is 0 Å². The summed E-state index contributed by atoms with van der Waals surface area (Å²) >= 11 is 5.87. The van der Waals surface area contributed by atoms with Crippen molar-refractivity contribution in [2.75, 3.05) is 0 Å². The van der Waals surface area contributed by atoms with Crippen LogP contribution in [0.15, 0.2) is 18.2 Å². The third-order valence-corrected chi connectivity index (χ3v) is 2.47. The minimum absolute atomic E-state index is 0.502. The molecule has 2 nitrogen and oxygen atoms in total. The highest BCUT2D eigenvalue weighted by atomic mass is 35.5. The van der Waals surface area contributed by atoms with Crippen molar-refractivity contribution in [1.29, 1.82) is 0 Å². The zero-order chi connectivity index (χ0) is 10.0. The fourth-order valence-corrected chi connectivity index (χ4v) is 1.21. The molecule has 0 saturated heterocycles. The molecular formula is C10H11ClO2. The van der Waals surface area contributed by atoms with E-state index in [-0.39, 0.29) is 0 Å². The van der Waals surface area contributed by atoms with Gasteiger partial charge in [-0.05, 0) is 31.0 Å². The van der Waals surface area contributed by atoms with Crippen molar-refractivity contribution in [3.8, 4) is 0 Å². The highest BCUT2D eigenvalue weighted by molar-refractivity contribution is 6.31. The van der Waals surface area contributed by atoms with E-state index in [1.807, 2.05) is 13.0 Å². The summed E-state index contributed by atoms with van der Waals surface area (Å²) in [6.45, 7) is 3.53. The number of carboxylic acid groups (broad SMARTS) is 1. The number of halogens is 1. The normalized spacial score (nSPS) is 12.5. The molecule has 1 atom stereocenters. The molecular weight excluding hydrogens is 188 g/mol. The molecule has 1 rings (SSSR count). The molecule has 13 heavy (non-hydrogen) atoms. The highest BCUT2D eigenvalue weighted by Crippen LogP contribution is 2.22. The second kappa shape index (κ2) is 3.79. The van der Waals surface area contributed by atoms with Crippen molar-refractivity contribution < 1.29 is 9.90 Å². The largest absolute Gasteiger partial charge is 0.481 e. The number of aliphatic carboxylic acids is 1. The lowest BCUT2D eigenvalue weighted by Crippen LogP contribution is -2.07. The van der Waals surface area contributed by atoms with E-state index >= 15 is 0 Å². The van der Waals surface area contributed by atoms with Gasteiger partial charge in [0, 0.05) is 5.02 Å². The van der Waals surface area contributed by atoms with Crippen molar-refractivity contribution in [3.63, 3.8) is 0 Å². The fourth-order valence-electron chi connectivity index (χ4n) is 1.02. The van der Waals surface area contributed by atoms with Crippen molar-refractivity contribution >= 4 is 17.6 Å². The monoisotopic (exact) mass is 198 g/mol. The van der Waals surface area contributed by atoms with Gasteiger partial charge < -0.3 is 5.11 Å². The molecule has 0 amide bonds. The van der Waals surface area contributed by atoms with E-state index in [0.29, 0.717) is 5.02 Å². The van der Waals surface area contributed by atoms with Gasteiger partial charge in [0.1, 0.15) is 0 Å². The number of hydrogen-bond donors (Lipinski definition) is 1. The topological polar surface area (TPSA) is 37.3 Å². The van der Waals surface area contributed by atoms with Crippen molar-refractivity contribution in [3.05, 3.63) is 34.3 Å². The minimum Gasteiger partial charge on any atom is -0.481 e. The summed E-state index contributed by atoms with van der Waals surface area (Å²) in [7, 11) is 0. The molecule has 1 N–H and O–H groups in total. The SMILES string of the molecule is Cc1ccc(C(C)C(=O)O)cc1Cl. The van der Waals surface area contributed by atoms with Crippen LogP contribution in [0.1, 0.15) is 24.0 Å². The summed E-state index contributed by atoms with van der Waals surface area (Å²) in [6.07, 6.45) is 0. The van der Waals surface area contributed by atoms with Crippen LogP contribution in [0.3, 0.4) is 0 Å². The van der Waals surface area contributed by atoms with Gasteiger partial charge in [-0.2, -0.15) is 0 Å². The Balaban J connectivity index is 3.03. The number of aryl methyl sites for hydroxylation is 1. The van der Waals surface area contributed by atoms with Gasteiger partial charge in [-0.1, -0.05) is 23.7 Å². The molecule has 1 aromatic carbocycles. The maximum atomic E-state index is 10.7. The quantitative estimate of drug-likeness (QED) is 0.794. The van der Waals surface area contributed by atoms with Gasteiger partial charge in [0.2, 0.25) is 0 Å². The van der Waals surface area contributed by atoms with Gasteiger partial charge >= 0.3 is 5.97 Å². The standard InChI is InChI=1S/C10H11ClO2/c1-6-3-4-8(5-9(6)11)7(2)10(12)13/h3-5,7H,1-2H3,(H,12,13). The Kier molecular flexibility index (Phi) is 2.94. The maximum Gasteiger partial charge on any atom is 0.310 e. The van der Waals surface area contributed by atoms with E-state index in [4.69, 9.17) is 16.7 Å². The predicted molar refractivity (Wildman–Crippen MR) is 52.2 cm³/mol. The Morgan fingerprint density at radius 1 is 1.54 bits per heavy atom. The van der Waals surface area contributed by atoms with E-state index in [0.717, 1.165) is 11.1 Å². The van der Waals surface area contributed by atoms with Gasteiger partial charge in [0.25, 0.3) is 0 Å². The summed E-state index contributed by atoms with van der Waals surface area (Å²) in [6, 6.07) is 5.33. The summed E-state index contributed by atoms with van der Waals surface area (Å²) in [4.78, 5) is 10.7. The van der Waals surface area contributed by atoms with Crippen LogP contribution in [-0.2, 0) is 4.79 Å². The molecule has 0 bridgehead atoms. The number of benzene rings is 1. The van der Waals surface area contributed by atoms with Crippen molar-refractivity contribution in [2.24, 2.45) is 0 Å². The molecule has 0 saturated carbocycles. The van der Waals surface area contributed by atoms with Gasteiger partial charge in [-0.3, -0.25) is 4.79 Å². The summed E-state index contributed by atoms with van der Waals surface area (Å²) in [5, 5.41) is 9.37. The minimum atomic E-state index is -0.833. The Hall–Kier alpha value is -1.02. The first-order valence-electron chi connectivity index (χ1n) is 4.01. The Labute approximate surface area is 82.2 Å². The molecule has 0 aliphatic heterocycles. The third-order valence-electron chi connectivity index (χ3n) is 2.07. The lowest BCUT2D eigenvalue weighted by Gasteiger charge is -2.07. The zero-order valence-electron chi connectivity index (χ0n) is 7.54. The highest BCUT2D eigenvalue weighted by Gasteiger charge is 2.13. The molecule has 0 aliphatic rings. The number of hydrogen-bond acceptors (Lipinski definition) is 1. The molecule has 0 heterocycles. The van der Waals surface area contributed by atoms with E-state index in [2.05, 4.69) is 0 Å². The second-order valence-corrected chi connectivity index (χ2v) is 3.48. The smallest absolute Gasteiger partial charge is 0.310 e. The Morgan fingerprint density at radius 3 is 2.62 bits per heavy atom. The molecule has 0 aliphatic carbocycles. The fraction of sp³-hybridized carbons (Fsp3) is 0.300. The van der Waals surface area contributed by atoms with Crippen molar-refractivity contribution in [1.82, 2.24) is 0 Å². The number of carbonyl (C=O) groups is 1. The number of rotatable bonds is 2. The van der Waals surface area contributed by atoms with Gasteiger partial charge in [-0.25, -0.2) is 0 Å². The van der Waals surface area contributed by atoms with E-state index in [9.17, 15) is 4.79 Å². The third kappa shape index (κ3) is 2.22. The summed E-state index contributed by atoms with van der Waals surface area (Å²) < 4.78 is 0. The first kappa shape index (κ1) is 10.1. The summed E-state index contributed by atoms with van der Waals surface area (Å²) in [5.41, 5.74) is 1.70. The molecule has 1 unspecified atom stereocenters. The van der Waals surface area contributed by atoms with E-state index in [1.54, 1.807) is 19.1 Å². The molecule has 70 valence electrons. The van der Waals surface area contributed by atoms with Gasteiger partial charge in [0.05, 0.1) is 5.92 Å². The van der Waals surface area contributed by atoms with Crippen LogP contribution in [0.5, 0.6) is 0 Å². The number of carboxylic acids is 1. The zero-order valence-corrected chi connectivity index (χ0v) is 8.30. The van der Waals surface area contributed by atoms with Crippen molar-refractivity contribution in [2.45, 2.75) is 19.8 Å². The van der Waals surface area contributed by atoms with Crippen LogP contribution in [0.2, 0.25) is 5.02 Å². The Morgan fingerprint density at radius 2 is 2.15 bits per heavy atom. The van der Waals surface area contributed by atoms with Crippen LogP contribution < -0.4 is 0 Å². The lowest BCUT2D eigenvalue weighted by molar-refractivity contribution is -0.138. The van der Waals surface area contributed by atoms with E-state index in [1.165, 1.54) is 0 Å². The van der Waals surface area contributed by atoms with Gasteiger partial charge in [-0.15, -0.1) is 0 Å². The average Bonchev–Trinajstić information content (AvgIpc) is 2.08. The lowest BCUT2D eigenvalue weighted by atomic mass is 10.0. The predicted octanol–water partition coefficient (Wildman–Crippen LogP) is 2.84. The maximum absolute atomic E-state index is 10.7. The van der Waals surface area contributed by atoms with Gasteiger partial charge in [0.15, 0.2) is 0 Å². The molecule has 0 radical (unpaired) electrons. The second-order valence-electron chi connectivity index (χ2n) is 3.07.